The Balaban J connectivity index is 2.70. The van der Waals surface area contributed by atoms with Crippen LogP contribution in [0.2, 0.25) is 0 Å². The number of nitrogens with zero attached hydrogens (tertiary/aromatic N) is 2. The lowest BCUT2D eigenvalue weighted by Crippen LogP contribution is -2.45. The highest BCUT2D eigenvalue weighted by atomic mass is 19.3. The van der Waals surface area contributed by atoms with Gasteiger partial charge in [0.25, 0.3) is 0 Å². The summed E-state index contributed by atoms with van der Waals surface area (Å²) < 4.78 is 26.3. The SMILES string of the molecule is CN=CC1CCC(F)(F)C[C@@H]1N(C)C. The Labute approximate surface area is 84.0 Å². The molecule has 0 saturated heterocycles. The molecule has 14 heavy (non-hydrogen) atoms. The summed E-state index contributed by atoms with van der Waals surface area (Å²) in [5.74, 6) is -2.32. The van der Waals surface area contributed by atoms with Crippen molar-refractivity contribution < 1.29 is 8.78 Å². The average molecular weight is 204 g/mol. The van der Waals surface area contributed by atoms with Crippen molar-refractivity contribution in [1.82, 2.24) is 4.90 Å². The van der Waals surface area contributed by atoms with Gasteiger partial charge in [0.2, 0.25) is 5.92 Å². The quantitative estimate of drug-likeness (QED) is 0.628. The smallest absolute Gasteiger partial charge is 0.249 e. The molecule has 1 unspecified atom stereocenters. The molecule has 1 aliphatic carbocycles. The Morgan fingerprint density at radius 1 is 1.43 bits per heavy atom. The van der Waals surface area contributed by atoms with Crippen LogP contribution < -0.4 is 0 Å². The van der Waals surface area contributed by atoms with Gasteiger partial charge in [0, 0.05) is 38.1 Å². The highest BCUT2D eigenvalue weighted by molar-refractivity contribution is 5.61. The van der Waals surface area contributed by atoms with Crippen molar-refractivity contribution in [3.63, 3.8) is 0 Å². The molecule has 1 rings (SSSR count). The molecule has 0 aromatic heterocycles. The maximum absolute atomic E-state index is 13.2. The van der Waals surface area contributed by atoms with Gasteiger partial charge in [-0.05, 0) is 20.5 Å². The topological polar surface area (TPSA) is 15.6 Å². The maximum atomic E-state index is 13.2. The first-order valence-electron chi connectivity index (χ1n) is 4.93. The van der Waals surface area contributed by atoms with Crippen LogP contribution in [-0.2, 0) is 0 Å². The molecular weight excluding hydrogens is 186 g/mol. The second-order valence-electron chi connectivity index (χ2n) is 4.20. The van der Waals surface area contributed by atoms with Gasteiger partial charge >= 0.3 is 0 Å². The van der Waals surface area contributed by atoms with Crippen molar-refractivity contribution in [2.75, 3.05) is 21.1 Å². The molecule has 1 saturated carbocycles. The van der Waals surface area contributed by atoms with E-state index in [-0.39, 0.29) is 24.8 Å². The van der Waals surface area contributed by atoms with E-state index < -0.39 is 5.92 Å². The van der Waals surface area contributed by atoms with Crippen LogP contribution in [-0.4, -0.2) is 44.2 Å². The number of alkyl halides is 2. The second kappa shape index (κ2) is 4.34. The molecule has 0 heterocycles. The summed E-state index contributed by atoms with van der Waals surface area (Å²) in [6, 6.07) is -0.0811. The Kier molecular flexibility index (Phi) is 3.59. The van der Waals surface area contributed by atoms with Crippen LogP contribution in [0.4, 0.5) is 8.78 Å². The Morgan fingerprint density at radius 2 is 2.07 bits per heavy atom. The summed E-state index contributed by atoms with van der Waals surface area (Å²) in [6.07, 6.45) is 2.29. The second-order valence-corrected chi connectivity index (χ2v) is 4.20. The van der Waals surface area contributed by atoms with E-state index in [1.165, 1.54) is 0 Å². The normalized spacial score (nSPS) is 32.7. The van der Waals surface area contributed by atoms with Gasteiger partial charge < -0.3 is 9.89 Å². The minimum atomic E-state index is -2.49. The predicted octanol–water partition coefficient (Wildman–Crippen LogP) is 2.05. The number of halogens is 2. The van der Waals surface area contributed by atoms with Gasteiger partial charge in [-0.1, -0.05) is 0 Å². The van der Waals surface area contributed by atoms with Gasteiger partial charge in [-0.3, -0.25) is 0 Å². The molecule has 1 aliphatic rings. The van der Waals surface area contributed by atoms with Crippen LogP contribution in [0.15, 0.2) is 4.99 Å². The first-order chi connectivity index (χ1) is 6.46. The highest BCUT2D eigenvalue weighted by Crippen LogP contribution is 2.37. The molecule has 0 spiro atoms. The van der Waals surface area contributed by atoms with Crippen molar-refractivity contribution in [2.24, 2.45) is 10.9 Å². The van der Waals surface area contributed by atoms with Crippen molar-refractivity contribution >= 4 is 6.21 Å². The highest BCUT2D eigenvalue weighted by Gasteiger charge is 2.41. The van der Waals surface area contributed by atoms with Crippen LogP contribution >= 0.6 is 0 Å². The zero-order valence-corrected chi connectivity index (χ0v) is 9.00. The van der Waals surface area contributed by atoms with Gasteiger partial charge in [-0.25, -0.2) is 8.78 Å². The van der Waals surface area contributed by atoms with Crippen molar-refractivity contribution in [1.29, 1.82) is 0 Å². The molecule has 82 valence electrons. The van der Waals surface area contributed by atoms with E-state index >= 15 is 0 Å². The largest absolute Gasteiger partial charge is 0.306 e. The van der Waals surface area contributed by atoms with Crippen LogP contribution in [0.3, 0.4) is 0 Å². The van der Waals surface area contributed by atoms with Gasteiger partial charge in [0.15, 0.2) is 0 Å². The minimum absolute atomic E-state index is 0.00593. The molecule has 2 nitrogen and oxygen atoms in total. The summed E-state index contributed by atoms with van der Waals surface area (Å²) in [6.45, 7) is 0. The zero-order valence-electron chi connectivity index (χ0n) is 9.00. The Morgan fingerprint density at radius 3 is 2.57 bits per heavy atom. The third-order valence-electron chi connectivity index (χ3n) is 2.85. The summed E-state index contributed by atoms with van der Waals surface area (Å²) in [5.41, 5.74) is 0. The predicted molar refractivity (Wildman–Crippen MR) is 54.2 cm³/mol. The molecule has 4 heteroatoms. The minimum Gasteiger partial charge on any atom is -0.306 e. The van der Waals surface area contributed by atoms with E-state index in [0.29, 0.717) is 6.42 Å². The standard InChI is InChI=1S/C10H18F2N2/c1-13-7-8-4-5-10(11,12)6-9(8)14(2)3/h7-9H,4-6H2,1-3H3/t8?,9-/m0/s1. The Hall–Kier alpha value is -0.510. The van der Waals surface area contributed by atoms with Gasteiger partial charge in [0.05, 0.1) is 0 Å². The van der Waals surface area contributed by atoms with Crippen molar-refractivity contribution in [3.8, 4) is 0 Å². The van der Waals surface area contributed by atoms with Crippen LogP contribution in [0, 0.1) is 5.92 Å². The summed E-state index contributed by atoms with van der Waals surface area (Å²) in [7, 11) is 5.39. The van der Waals surface area contributed by atoms with Gasteiger partial charge in [-0.15, -0.1) is 0 Å². The van der Waals surface area contributed by atoms with Crippen molar-refractivity contribution in [2.45, 2.75) is 31.2 Å². The van der Waals surface area contributed by atoms with Crippen LogP contribution in [0.5, 0.6) is 0 Å². The van der Waals surface area contributed by atoms with E-state index in [1.807, 2.05) is 19.0 Å². The molecule has 0 bridgehead atoms. The molecule has 0 aromatic rings. The lowest BCUT2D eigenvalue weighted by Gasteiger charge is -2.37. The van der Waals surface area contributed by atoms with Gasteiger partial charge in [0.1, 0.15) is 0 Å². The molecular formula is C10H18F2N2. The molecule has 1 fully saturated rings. The molecule has 0 N–H and O–H groups in total. The first-order valence-corrected chi connectivity index (χ1v) is 4.93. The first kappa shape index (κ1) is 11.6. The van der Waals surface area contributed by atoms with Crippen molar-refractivity contribution in [3.05, 3.63) is 0 Å². The number of aliphatic imine (C=N–C) groups is 1. The molecule has 0 aliphatic heterocycles. The monoisotopic (exact) mass is 204 g/mol. The number of hydrogen-bond donors (Lipinski definition) is 0. The van der Waals surface area contributed by atoms with Crippen LogP contribution in [0.25, 0.3) is 0 Å². The maximum Gasteiger partial charge on any atom is 0.249 e. The molecule has 2 atom stereocenters. The third-order valence-corrected chi connectivity index (χ3v) is 2.85. The summed E-state index contributed by atoms with van der Waals surface area (Å²) in [5, 5.41) is 0. The molecule has 0 aromatic carbocycles. The van der Waals surface area contributed by atoms with E-state index in [9.17, 15) is 8.78 Å². The summed E-state index contributed by atoms with van der Waals surface area (Å²) in [4.78, 5) is 5.82. The van der Waals surface area contributed by atoms with Crippen LogP contribution in [0.1, 0.15) is 19.3 Å². The van der Waals surface area contributed by atoms with E-state index in [0.717, 1.165) is 0 Å². The fraction of sp³-hybridized carbons (Fsp3) is 0.900. The zero-order chi connectivity index (χ0) is 10.8. The average Bonchev–Trinajstić information content (AvgIpc) is 2.08. The number of hydrogen-bond acceptors (Lipinski definition) is 2. The lowest BCUT2D eigenvalue weighted by molar-refractivity contribution is -0.0652. The van der Waals surface area contributed by atoms with Gasteiger partial charge in [-0.2, -0.15) is 0 Å². The fourth-order valence-electron chi connectivity index (χ4n) is 2.06. The van der Waals surface area contributed by atoms with E-state index in [1.54, 1.807) is 13.3 Å². The Bertz CT molecular complexity index is 214. The van der Waals surface area contributed by atoms with E-state index in [4.69, 9.17) is 0 Å². The number of rotatable bonds is 2. The van der Waals surface area contributed by atoms with E-state index in [2.05, 4.69) is 4.99 Å². The molecule has 0 radical (unpaired) electrons. The fourth-order valence-corrected chi connectivity index (χ4v) is 2.06. The molecule has 0 amide bonds. The summed E-state index contributed by atoms with van der Waals surface area (Å²) >= 11 is 0. The third kappa shape index (κ3) is 2.74. The lowest BCUT2D eigenvalue weighted by atomic mass is 9.82.